The Morgan fingerprint density at radius 1 is 1.16 bits per heavy atom. The molecule has 0 saturated carbocycles. The van der Waals surface area contributed by atoms with Crippen LogP contribution in [-0.4, -0.2) is 16.6 Å². The van der Waals surface area contributed by atoms with Gasteiger partial charge in [-0.05, 0) is 31.5 Å². The maximum atomic E-state index is 11.6. The first kappa shape index (κ1) is 13.1. The second kappa shape index (κ2) is 5.56. The lowest BCUT2D eigenvalue weighted by Crippen LogP contribution is -2.28. The van der Waals surface area contributed by atoms with Crippen molar-refractivity contribution < 1.29 is 4.74 Å². The fourth-order valence-electron chi connectivity index (χ4n) is 1.90. The number of aromatic nitrogens is 2. The first-order valence-corrected chi connectivity index (χ1v) is 6.08. The van der Waals surface area contributed by atoms with Crippen molar-refractivity contribution >= 4 is 0 Å². The summed E-state index contributed by atoms with van der Waals surface area (Å²) < 4.78 is 5.59. The molecular formula is C14H16N2O3. The predicted molar refractivity (Wildman–Crippen MR) is 72.8 cm³/mol. The molecule has 100 valence electrons. The van der Waals surface area contributed by atoms with Crippen molar-refractivity contribution in [3.8, 4) is 5.75 Å². The van der Waals surface area contributed by atoms with Crippen LogP contribution >= 0.6 is 0 Å². The van der Waals surface area contributed by atoms with E-state index >= 15 is 0 Å². The van der Waals surface area contributed by atoms with Gasteiger partial charge in [-0.2, -0.15) is 0 Å². The molecule has 0 unspecified atom stereocenters. The Morgan fingerprint density at radius 3 is 2.63 bits per heavy atom. The molecular weight excluding hydrogens is 244 g/mol. The van der Waals surface area contributed by atoms with E-state index in [0.717, 1.165) is 11.3 Å². The van der Waals surface area contributed by atoms with Crippen molar-refractivity contribution in [2.45, 2.75) is 20.3 Å². The molecule has 19 heavy (non-hydrogen) atoms. The molecule has 5 nitrogen and oxygen atoms in total. The summed E-state index contributed by atoms with van der Waals surface area (Å²) in [5.74, 6) is 0.776. The average Bonchev–Trinajstić information content (AvgIpc) is 2.32. The van der Waals surface area contributed by atoms with Crippen molar-refractivity contribution in [3.63, 3.8) is 0 Å². The van der Waals surface area contributed by atoms with Crippen LogP contribution < -0.4 is 16.0 Å². The van der Waals surface area contributed by atoms with Crippen molar-refractivity contribution in [3.05, 3.63) is 61.9 Å². The lowest BCUT2D eigenvalue weighted by molar-refractivity contribution is 0.320. The number of hydrogen-bond acceptors (Lipinski definition) is 3. The van der Waals surface area contributed by atoms with Gasteiger partial charge in [0.05, 0.1) is 6.61 Å². The van der Waals surface area contributed by atoms with Crippen molar-refractivity contribution in [1.29, 1.82) is 0 Å². The number of benzene rings is 1. The van der Waals surface area contributed by atoms with E-state index in [4.69, 9.17) is 4.74 Å². The van der Waals surface area contributed by atoms with Gasteiger partial charge in [-0.1, -0.05) is 12.1 Å². The highest BCUT2D eigenvalue weighted by molar-refractivity contribution is 5.27. The highest BCUT2D eigenvalue weighted by Crippen LogP contribution is 2.12. The average molecular weight is 260 g/mol. The Hall–Kier alpha value is -2.30. The number of ether oxygens (including phenoxy) is 1. The molecule has 0 fully saturated rings. The Kier molecular flexibility index (Phi) is 3.85. The Morgan fingerprint density at radius 2 is 1.95 bits per heavy atom. The van der Waals surface area contributed by atoms with E-state index in [1.807, 2.05) is 31.2 Å². The minimum absolute atomic E-state index is 0.353. The normalized spacial score (nSPS) is 10.4. The van der Waals surface area contributed by atoms with Crippen LogP contribution in [0.2, 0.25) is 0 Å². The standard InChI is InChI=1S/C14H16N2O3/c1-9-4-3-5-11(8-9)19-7-6-12-10(2)15-14(18)16-13(12)17/h3-5,8H,6-7H2,1-2H3,(H2,15,16,17,18). The Balaban J connectivity index is 2.04. The summed E-state index contributed by atoms with van der Waals surface area (Å²) in [6.45, 7) is 4.09. The molecule has 2 aromatic rings. The summed E-state index contributed by atoms with van der Waals surface area (Å²) in [6, 6.07) is 7.72. The minimum atomic E-state index is -0.481. The summed E-state index contributed by atoms with van der Waals surface area (Å²) in [4.78, 5) is 27.5. The molecule has 0 amide bonds. The molecule has 0 radical (unpaired) electrons. The van der Waals surface area contributed by atoms with Gasteiger partial charge in [0.25, 0.3) is 5.56 Å². The van der Waals surface area contributed by atoms with Crippen LogP contribution in [0.15, 0.2) is 33.9 Å². The molecule has 1 aromatic carbocycles. The number of hydrogen-bond donors (Lipinski definition) is 2. The largest absolute Gasteiger partial charge is 0.493 e. The quantitative estimate of drug-likeness (QED) is 0.870. The van der Waals surface area contributed by atoms with E-state index < -0.39 is 5.69 Å². The van der Waals surface area contributed by atoms with Crippen LogP contribution in [0.1, 0.15) is 16.8 Å². The van der Waals surface area contributed by atoms with E-state index in [2.05, 4.69) is 9.97 Å². The summed E-state index contributed by atoms with van der Waals surface area (Å²) in [5, 5.41) is 0. The zero-order valence-electron chi connectivity index (χ0n) is 10.9. The highest BCUT2D eigenvalue weighted by atomic mass is 16.5. The molecule has 0 aliphatic heterocycles. The predicted octanol–water partition coefficient (Wildman–Crippen LogP) is 1.30. The summed E-state index contributed by atoms with van der Waals surface area (Å²) in [5.41, 5.74) is 1.42. The monoisotopic (exact) mass is 260 g/mol. The molecule has 0 bridgehead atoms. The van der Waals surface area contributed by atoms with Crippen molar-refractivity contribution in [2.75, 3.05) is 6.61 Å². The SMILES string of the molecule is Cc1cccc(OCCc2c(C)[nH]c(=O)[nH]c2=O)c1. The molecule has 0 saturated heterocycles. The molecule has 2 N–H and O–H groups in total. The first-order valence-electron chi connectivity index (χ1n) is 6.08. The van der Waals surface area contributed by atoms with Gasteiger partial charge in [0, 0.05) is 17.7 Å². The third-order valence-electron chi connectivity index (χ3n) is 2.87. The second-order valence-corrected chi connectivity index (χ2v) is 4.43. The smallest absolute Gasteiger partial charge is 0.325 e. The number of aromatic amines is 2. The number of nitrogens with one attached hydrogen (secondary N) is 2. The fourth-order valence-corrected chi connectivity index (χ4v) is 1.90. The van der Waals surface area contributed by atoms with Crippen LogP contribution in [0.4, 0.5) is 0 Å². The van der Waals surface area contributed by atoms with Gasteiger partial charge in [-0.3, -0.25) is 9.78 Å². The van der Waals surface area contributed by atoms with E-state index in [-0.39, 0.29) is 5.56 Å². The molecule has 1 heterocycles. The first-order chi connectivity index (χ1) is 9.06. The molecule has 0 aliphatic rings. The lowest BCUT2D eigenvalue weighted by atomic mass is 10.2. The molecule has 1 aromatic heterocycles. The van der Waals surface area contributed by atoms with Crippen LogP contribution in [0.5, 0.6) is 5.75 Å². The van der Waals surface area contributed by atoms with Gasteiger partial charge in [0.15, 0.2) is 0 Å². The molecule has 5 heteroatoms. The Bertz CT molecular complexity index is 686. The maximum absolute atomic E-state index is 11.6. The van der Waals surface area contributed by atoms with Crippen LogP contribution in [-0.2, 0) is 6.42 Å². The third-order valence-corrected chi connectivity index (χ3v) is 2.87. The maximum Gasteiger partial charge on any atom is 0.325 e. The number of aryl methyl sites for hydroxylation is 2. The summed E-state index contributed by atoms with van der Waals surface area (Å²) in [7, 11) is 0. The van der Waals surface area contributed by atoms with E-state index in [9.17, 15) is 9.59 Å². The van der Waals surface area contributed by atoms with Gasteiger partial charge in [-0.15, -0.1) is 0 Å². The molecule has 0 spiro atoms. The van der Waals surface area contributed by atoms with E-state index in [1.54, 1.807) is 6.92 Å². The fraction of sp³-hybridized carbons (Fsp3) is 0.286. The van der Waals surface area contributed by atoms with Gasteiger partial charge >= 0.3 is 5.69 Å². The highest BCUT2D eigenvalue weighted by Gasteiger charge is 2.05. The topological polar surface area (TPSA) is 75.0 Å². The zero-order valence-corrected chi connectivity index (χ0v) is 10.9. The van der Waals surface area contributed by atoms with Crippen LogP contribution in [0.25, 0.3) is 0 Å². The third kappa shape index (κ3) is 3.34. The molecule has 2 rings (SSSR count). The van der Waals surface area contributed by atoms with E-state index in [0.29, 0.717) is 24.3 Å². The van der Waals surface area contributed by atoms with Crippen LogP contribution in [0, 0.1) is 13.8 Å². The van der Waals surface area contributed by atoms with Crippen molar-refractivity contribution in [2.24, 2.45) is 0 Å². The van der Waals surface area contributed by atoms with Crippen molar-refractivity contribution in [1.82, 2.24) is 9.97 Å². The summed E-state index contributed by atoms with van der Waals surface area (Å²) >= 11 is 0. The van der Waals surface area contributed by atoms with Gasteiger partial charge < -0.3 is 9.72 Å². The minimum Gasteiger partial charge on any atom is -0.493 e. The second-order valence-electron chi connectivity index (χ2n) is 4.43. The molecule has 0 atom stereocenters. The van der Waals surface area contributed by atoms with E-state index in [1.165, 1.54) is 0 Å². The summed E-state index contributed by atoms with van der Waals surface area (Å²) in [6.07, 6.45) is 0.450. The van der Waals surface area contributed by atoms with Gasteiger partial charge in [0.1, 0.15) is 5.75 Å². The zero-order chi connectivity index (χ0) is 13.8. The van der Waals surface area contributed by atoms with Crippen LogP contribution in [0.3, 0.4) is 0 Å². The molecule has 0 aliphatic carbocycles. The number of rotatable bonds is 4. The van der Waals surface area contributed by atoms with Gasteiger partial charge in [0.2, 0.25) is 0 Å². The number of H-pyrrole nitrogens is 2. The lowest BCUT2D eigenvalue weighted by Gasteiger charge is -2.07. The van der Waals surface area contributed by atoms with Gasteiger partial charge in [-0.25, -0.2) is 4.79 Å². The Labute approximate surface area is 110 Å².